The molecule has 5 rings (SSSR count). The molecule has 9 heteroatoms. The predicted molar refractivity (Wildman–Crippen MR) is 119 cm³/mol. The van der Waals surface area contributed by atoms with Gasteiger partial charge < -0.3 is 9.73 Å². The van der Waals surface area contributed by atoms with Crippen LogP contribution in [0.15, 0.2) is 65.3 Å². The molecule has 0 saturated carbocycles. The maximum atomic E-state index is 12.5. The van der Waals surface area contributed by atoms with Gasteiger partial charge in [0.2, 0.25) is 4.96 Å². The number of nitrogens with one attached hydrogen (secondary N) is 1. The Kier molecular flexibility index (Phi) is 5.01. The molecular weight excluding hydrogens is 434 g/mol. The molecule has 154 valence electrons. The number of halogens is 1. The predicted octanol–water partition coefficient (Wildman–Crippen LogP) is 5.00. The van der Waals surface area contributed by atoms with Crippen LogP contribution in [0.2, 0.25) is 5.02 Å². The van der Waals surface area contributed by atoms with Crippen molar-refractivity contribution in [2.75, 3.05) is 0 Å². The molecule has 1 N–H and O–H groups in total. The summed E-state index contributed by atoms with van der Waals surface area (Å²) in [5, 5.41) is 16.7. The minimum Gasteiger partial charge on any atom is -0.451 e. The van der Waals surface area contributed by atoms with Crippen LogP contribution in [0.4, 0.5) is 0 Å². The van der Waals surface area contributed by atoms with E-state index in [2.05, 4.69) is 20.6 Å². The first-order chi connectivity index (χ1) is 15.1. The molecule has 0 aliphatic rings. The molecule has 0 aliphatic carbocycles. The van der Waals surface area contributed by atoms with Gasteiger partial charge in [0.05, 0.1) is 0 Å². The van der Waals surface area contributed by atoms with Gasteiger partial charge in [0.25, 0.3) is 5.91 Å². The van der Waals surface area contributed by atoms with Gasteiger partial charge in [-0.1, -0.05) is 59.3 Å². The van der Waals surface area contributed by atoms with Gasteiger partial charge in [-0.3, -0.25) is 4.79 Å². The highest BCUT2D eigenvalue weighted by Gasteiger charge is 2.13. The van der Waals surface area contributed by atoms with E-state index in [0.29, 0.717) is 17.3 Å². The Morgan fingerprint density at radius 1 is 1.13 bits per heavy atom. The Balaban J connectivity index is 1.23. The number of furan rings is 1. The van der Waals surface area contributed by atoms with E-state index in [4.69, 9.17) is 16.0 Å². The SMILES string of the molecule is Cc1ccc(-c2ccc(C(=O)NCc3ccc(-c4nn5cnnc5s4)cc3)o2)cc1Cl. The highest BCUT2D eigenvalue weighted by atomic mass is 35.5. The maximum Gasteiger partial charge on any atom is 0.287 e. The molecule has 0 atom stereocenters. The number of nitrogens with zero attached hydrogens (tertiary/aromatic N) is 4. The normalized spacial score (nSPS) is 11.2. The molecule has 0 aliphatic heterocycles. The molecule has 0 bridgehead atoms. The first-order valence-corrected chi connectivity index (χ1v) is 10.7. The summed E-state index contributed by atoms with van der Waals surface area (Å²) in [5.74, 6) is 0.576. The monoisotopic (exact) mass is 449 g/mol. The molecule has 7 nitrogen and oxygen atoms in total. The summed E-state index contributed by atoms with van der Waals surface area (Å²) in [5.41, 5.74) is 3.77. The molecule has 0 unspecified atom stereocenters. The molecular formula is C22H16ClN5O2S. The molecule has 3 heterocycles. The third-order valence-electron chi connectivity index (χ3n) is 4.83. The minimum absolute atomic E-state index is 0.253. The fourth-order valence-corrected chi connectivity index (χ4v) is 4.08. The second-order valence-electron chi connectivity index (χ2n) is 6.97. The number of aryl methyl sites for hydroxylation is 1. The smallest absolute Gasteiger partial charge is 0.287 e. The number of hydrogen-bond acceptors (Lipinski definition) is 6. The van der Waals surface area contributed by atoms with Crippen molar-refractivity contribution in [3.63, 3.8) is 0 Å². The van der Waals surface area contributed by atoms with Crippen LogP contribution in [0.1, 0.15) is 21.7 Å². The van der Waals surface area contributed by atoms with Crippen molar-refractivity contribution < 1.29 is 9.21 Å². The highest BCUT2D eigenvalue weighted by molar-refractivity contribution is 7.19. The molecule has 0 fully saturated rings. The standard InChI is InChI=1S/C22H16ClN5O2S/c1-13-2-5-16(10-17(13)23)18-8-9-19(30-18)20(29)24-11-14-3-6-15(7-4-14)21-27-28-12-25-26-22(28)31-21/h2-10,12H,11H2,1H3,(H,24,29). The average Bonchev–Trinajstić information content (AvgIpc) is 3.51. The van der Waals surface area contributed by atoms with Crippen LogP contribution in [0.3, 0.4) is 0 Å². The number of rotatable bonds is 5. The molecule has 0 spiro atoms. The summed E-state index contributed by atoms with van der Waals surface area (Å²) in [6.45, 7) is 2.32. The summed E-state index contributed by atoms with van der Waals surface area (Å²) in [4.78, 5) is 13.2. The van der Waals surface area contributed by atoms with Crippen LogP contribution in [-0.2, 0) is 6.54 Å². The molecule has 0 radical (unpaired) electrons. The summed E-state index contributed by atoms with van der Waals surface area (Å²) < 4.78 is 7.37. The highest BCUT2D eigenvalue weighted by Crippen LogP contribution is 2.27. The van der Waals surface area contributed by atoms with E-state index < -0.39 is 0 Å². The zero-order valence-corrected chi connectivity index (χ0v) is 17.9. The number of hydrogen-bond donors (Lipinski definition) is 1. The van der Waals surface area contributed by atoms with Gasteiger partial charge in [-0.05, 0) is 36.2 Å². The maximum absolute atomic E-state index is 12.5. The number of amides is 1. The Bertz CT molecular complexity index is 1360. The largest absolute Gasteiger partial charge is 0.451 e. The fraction of sp³-hybridized carbons (Fsp3) is 0.0909. The Labute approximate surface area is 186 Å². The topological polar surface area (TPSA) is 85.3 Å². The summed E-state index contributed by atoms with van der Waals surface area (Å²) in [6, 6.07) is 17.0. The second-order valence-corrected chi connectivity index (χ2v) is 8.34. The molecule has 0 saturated heterocycles. The second kappa shape index (κ2) is 7.98. The summed E-state index contributed by atoms with van der Waals surface area (Å²) in [7, 11) is 0. The molecule has 2 aromatic carbocycles. The molecule has 1 amide bonds. The van der Waals surface area contributed by atoms with Crippen LogP contribution in [0, 0.1) is 6.92 Å². The van der Waals surface area contributed by atoms with Crippen LogP contribution >= 0.6 is 22.9 Å². The number of aromatic nitrogens is 4. The van der Waals surface area contributed by atoms with Gasteiger partial charge in [-0.2, -0.15) is 9.61 Å². The van der Waals surface area contributed by atoms with Gasteiger partial charge in [0.15, 0.2) is 5.76 Å². The fourth-order valence-electron chi connectivity index (χ4n) is 3.07. The van der Waals surface area contributed by atoms with Crippen molar-refractivity contribution in [1.82, 2.24) is 25.1 Å². The van der Waals surface area contributed by atoms with Crippen LogP contribution in [0.5, 0.6) is 0 Å². The van der Waals surface area contributed by atoms with Crippen LogP contribution < -0.4 is 5.32 Å². The first kappa shape index (κ1) is 19.5. The molecule has 31 heavy (non-hydrogen) atoms. The van der Waals surface area contributed by atoms with E-state index >= 15 is 0 Å². The Hall–Kier alpha value is -3.49. The van der Waals surface area contributed by atoms with Crippen molar-refractivity contribution in [3.8, 4) is 21.9 Å². The van der Waals surface area contributed by atoms with Crippen LogP contribution in [-0.4, -0.2) is 25.7 Å². The van der Waals surface area contributed by atoms with Gasteiger partial charge >= 0.3 is 0 Å². The minimum atomic E-state index is -0.276. The van der Waals surface area contributed by atoms with Gasteiger partial charge in [-0.25, -0.2) is 0 Å². The molecule has 3 aromatic heterocycles. The quantitative estimate of drug-likeness (QED) is 0.408. The number of benzene rings is 2. The van der Waals surface area contributed by atoms with E-state index in [-0.39, 0.29) is 11.7 Å². The Morgan fingerprint density at radius 2 is 1.94 bits per heavy atom. The van der Waals surface area contributed by atoms with Crippen molar-refractivity contribution in [3.05, 3.63) is 82.8 Å². The number of carbonyl (C=O) groups excluding carboxylic acids is 1. The van der Waals surface area contributed by atoms with E-state index in [9.17, 15) is 4.79 Å². The van der Waals surface area contributed by atoms with E-state index in [0.717, 1.165) is 32.2 Å². The zero-order valence-electron chi connectivity index (χ0n) is 16.4. The van der Waals surface area contributed by atoms with Crippen molar-refractivity contribution in [2.24, 2.45) is 0 Å². The van der Waals surface area contributed by atoms with E-state index in [1.807, 2.05) is 49.4 Å². The van der Waals surface area contributed by atoms with Gasteiger partial charge in [0.1, 0.15) is 17.1 Å². The van der Waals surface area contributed by atoms with E-state index in [1.165, 1.54) is 11.3 Å². The average molecular weight is 450 g/mol. The third-order valence-corrected chi connectivity index (χ3v) is 6.20. The van der Waals surface area contributed by atoms with Gasteiger partial charge in [-0.15, -0.1) is 10.2 Å². The summed E-state index contributed by atoms with van der Waals surface area (Å²) >= 11 is 7.65. The van der Waals surface area contributed by atoms with Crippen molar-refractivity contribution in [2.45, 2.75) is 13.5 Å². The zero-order chi connectivity index (χ0) is 21.4. The van der Waals surface area contributed by atoms with Crippen LogP contribution in [0.25, 0.3) is 26.9 Å². The lowest BCUT2D eigenvalue weighted by Crippen LogP contribution is -2.22. The first-order valence-electron chi connectivity index (χ1n) is 9.47. The Morgan fingerprint density at radius 3 is 2.71 bits per heavy atom. The van der Waals surface area contributed by atoms with Crippen molar-refractivity contribution >= 4 is 33.8 Å². The third kappa shape index (κ3) is 3.95. The van der Waals surface area contributed by atoms with E-state index in [1.54, 1.807) is 23.0 Å². The number of fused-ring (bicyclic) bond motifs is 1. The lowest BCUT2D eigenvalue weighted by Gasteiger charge is -2.05. The van der Waals surface area contributed by atoms with Gasteiger partial charge in [0, 0.05) is 22.7 Å². The lowest BCUT2D eigenvalue weighted by atomic mass is 10.1. The molecule has 5 aromatic rings. The van der Waals surface area contributed by atoms with Crippen molar-refractivity contribution in [1.29, 1.82) is 0 Å². The summed E-state index contributed by atoms with van der Waals surface area (Å²) in [6.07, 6.45) is 1.58. The lowest BCUT2D eigenvalue weighted by molar-refractivity contribution is 0.0924. The number of carbonyl (C=O) groups is 1.